The molecule has 0 aliphatic carbocycles. The van der Waals surface area contributed by atoms with Crippen molar-refractivity contribution < 1.29 is 16.9 Å². The van der Waals surface area contributed by atoms with E-state index in [9.17, 15) is 13.0 Å². The minimum absolute atomic E-state index is 0. The molecule has 1 heterocycles. The molecular formula is C7H16N2O3S. The van der Waals surface area contributed by atoms with Crippen LogP contribution in [0.25, 0.3) is 0 Å². The maximum Gasteiger partial charge on any atom is 0.260 e. The van der Waals surface area contributed by atoms with Crippen molar-refractivity contribution in [3.63, 3.8) is 0 Å². The summed E-state index contributed by atoms with van der Waals surface area (Å²) in [4.78, 5) is 1.68. The average Bonchev–Trinajstić information content (AvgIpc) is 2.31. The first kappa shape index (κ1) is 12.4. The zero-order chi connectivity index (χ0) is 9.41. The van der Waals surface area contributed by atoms with Crippen LogP contribution in [0.15, 0.2) is 12.4 Å². The quantitative estimate of drug-likeness (QED) is 0.483. The fraction of sp³-hybridized carbons (Fsp3) is 0.714. The molecular weight excluding hydrogens is 192 g/mol. The number of hydrogen-bond donors (Lipinski definition) is 0. The first-order valence-electron chi connectivity index (χ1n) is 3.64. The molecule has 0 spiro atoms. The smallest absolute Gasteiger partial charge is 0.260 e. The third kappa shape index (κ3) is 2.01. The molecule has 0 N–H and O–H groups in total. The Balaban J connectivity index is 0.00000144. The lowest BCUT2D eigenvalue weighted by Crippen LogP contribution is -2.48. The molecule has 0 aromatic rings. The molecule has 13 heavy (non-hydrogen) atoms. The summed E-state index contributed by atoms with van der Waals surface area (Å²) in [6, 6.07) is 0. The van der Waals surface area contributed by atoms with Gasteiger partial charge in [0.25, 0.3) is 10.3 Å². The van der Waals surface area contributed by atoms with Crippen LogP contribution in [0.4, 0.5) is 0 Å². The molecule has 0 aromatic heterocycles. The average molecular weight is 208 g/mol. The lowest BCUT2D eigenvalue weighted by Gasteiger charge is -2.31. The Morgan fingerprint density at radius 3 is 2.31 bits per heavy atom. The van der Waals surface area contributed by atoms with Gasteiger partial charge in [0.05, 0.1) is 12.7 Å². The van der Waals surface area contributed by atoms with Crippen LogP contribution in [0.2, 0.25) is 0 Å². The number of nitrogens with zero attached hydrogens (tertiary/aromatic N) is 2. The zero-order valence-corrected chi connectivity index (χ0v) is 7.91. The molecule has 0 saturated heterocycles. The van der Waals surface area contributed by atoms with E-state index in [2.05, 4.69) is 0 Å². The maximum atomic E-state index is 10.9. The number of rotatable bonds is 2. The van der Waals surface area contributed by atoms with Gasteiger partial charge in [0, 0.05) is 7.05 Å². The SMILES string of the molecule is C.CC[N+]1(S(=O)(=O)[O-])C=CN(C)C1. The number of hydrogen-bond acceptors (Lipinski definition) is 4. The Labute approximate surface area is 79.7 Å². The highest BCUT2D eigenvalue weighted by Gasteiger charge is 2.35. The Morgan fingerprint density at radius 2 is 2.15 bits per heavy atom. The Morgan fingerprint density at radius 1 is 1.62 bits per heavy atom. The maximum absolute atomic E-state index is 10.9. The molecule has 0 radical (unpaired) electrons. The van der Waals surface area contributed by atoms with Crippen molar-refractivity contribution in [2.75, 3.05) is 20.3 Å². The summed E-state index contributed by atoms with van der Waals surface area (Å²) in [5.74, 6) is 0. The Kier molecular flexibility index (Phi) is 3.48. The molecule has 0 fully saturated rings. The molecule has 1 rings (SSSR count). The molecule has 0 aromatic carbocycles. The van der Waals surface area contributed by atoms with Crippen LogP contribution in [0.3, 0.4) is 0 Å². The Hall–Kier alpha value is -0.590. The molecule has 6 heteroatoms. The summed E-state index contributed by atoms with van der Waals surface area (Å²) in [6.07, 6.45) is 3.03. The summed E-state index contributed by atoms with van der Waals surface area (Å²) in [5.41, 5.74) is 0. The van der Waals surface area contributed by atoms with E-state index in [1.807, 2.05) is 0 Å². The topological polar surface area (TPSA) is 60.4 Å². The van der Waals surface area contributed by atoms with Crippen molar-refractivity contribution in [2.45, 2.75) is 14.4 Å². The molecule has 1 unspecified atom stereocenters. The van der Waals surface area contributed by atoms with Gasteiger partial charge in [0.2, 0.25) is 0 Å². The zero-order valence-electron chi connectivity index (χ0n) is 7.10. The lowest BCUT2D eigenvalue weighted by molar-refractivity contribution is -0.757. The van der Waals surface area contributed by atoms with Crippen LogP contribution >= 0.6 is 0 Å². The van der Waals surface area contributed by atoms with Crippen molar-refractivity contribution in [2.24, 2.45) is 0 Å². The monoisotopic (exact) mass is 208 g/mol. The van der Waals surface area contributed by atoms with Crippen LogP contribution in [-0.4, -0.2) is 42.0 Å². The summed E-state index contributed by atoms with van der Waals surface area (Å²) in [6.45, 7) is 2.16. The van der Waals surface area contributed by atoms with Crippen molar-refractivity contribution in [3.05, 3.63) is 12.4 Å². The fourth-order valence-electron chi connectivity index (χ4n) is 1.22. The van der Waals surface area contributed by atoms with E-state index in [4.69, 9.17) is 0 Å². The molecule has 1 aliphatic rings. The molecule has 1 atom stereocenters. The number of quaternary nitrogens is 1. The Bertz CT molecular complexity index is 299. The predicted octanol–water partition coefficient (Wildman–Crippen LogP) is 0.294. The highest BCUT2D eigenvalue weighted by atomic mass is 32.2. The fourth-order valence-corrected chi connectivity index (χ4v) is 2.06. The third-order valence-corrected chi connectivity index (χ3v) is 3.42. The standard InChI is InChI=1S/C6H12N2O3S.CH4/c1-3-8(12(9,10)11)5-4-7(2)6-8;/h4-5H,3,6H2,1-2H3;1H4. The van der Waals surface area contributed by atoms with Gasteiger partial charge in [-0.1, -0.05) is 7.43 Å². The molecule has 0 amide bonds. The minimum Gasteiger partial charge on any atom is -0.701 e. The van der Waals surface area contributed by atoms with Gasteiger partial charge in [0.15, 0.2) is 6.67 Å². The van der Waals surface area contributed by atoms with Crippen molar-refractivity contribution in [1.29, 1.82) is 0 Å². The van der Waals surface area contributed by atoms with E-state index in [-0.39, 0.29) is 20.6 Å². The highest BCUT2D eigenvalue weighted by molar-refractivity contribution is 7.80. The molecule has 1 aliphatic heterocycles. The van der Waals surface area contributed by atoms with Gasteiger partial charge < -0.3 is 9.45 Å². The van der Waals surface area contributed by atoms with Gasteiger partial charge in [-0.15, -0.1) is 0 Å². The van der Waals surface area contributed by atoms with Crippen molar-refractivity contribution in [1.82, 2.24) is 4.90 Å². The van der Waals surface area contributed by atoms with Crippen LogP contribution in [0, 0.1) is 0 Å². The van der Waals surface area contributed by atoms with Crippen LogP contribution in [-0.2, 0) is 10.3 Å². The second-order valence-corrected chi connectivity index (χ2v) is 4.48. The van der Waals surface area contributed by atoms with Gasteiger partial charge in [-0.25, -0.2) is 0 Å². The minimum atomic E-state index is -4.29. The van der Waals surface area contributed by atoms with Gasteiger partial charge in [-0.2, -0.15) is 12.3 Å². The van der Waals surface area contributed by atoms with Gasteiger partial charge in [0.1, 0.15) is 6.20 Å². The van der Waals surface area contributed by atoms with E-state index in [0.29, 0.717) is 0 Å². The van der Waals surface area contributed by atoms with E-state index in [1.54, 1.807) is 25.1 Å². The van der Waals surface area contributed by atoms with E-state index >= 15 is 0 Å². The van der Waals surface area contributed by atoms with Gasteiger partial charge in [-0.05, 0) is 6.92 Å². The van der Waals surface area contributed by atoms with Crippen molar-refractivity contribution in [3.8, 4) is 0 Å². The van der Waals surface area contributed by atoms with E-state index < -0.39 is 14.2 Å². The highest BCUT2D eigenvalue weighted by Crippen LogP contribution is 2.20. The van der Waals surface area contributed by atoms with E-state index in [1.165, 1.54) is 6.20 Å². The largest absolute Gasteiger partial charge is 0.701 e. The summed E-state index contributed by atoms with van der Waals surface area (Å²) in [5, 5.41) is 0. The molecule has 0 bridgehead atoms. The summed E-state index contributed by atoms with van der Waals surface area (Å²) in [7, 11) is -2.55. The lowest BCUT2D eigenvalue weighted by atomic mass is 10.6. The summed E-state index contributed by atoms with van der Waals surface area (Å²) < 4.78 is 32.1. The van der Waals surface area contributed by atoms with Crippen LogP contribution in [0.1, 0.15) is 14.4 Å². The second-order valence-electron chi connectivity index (χ2n) is 2.89. The molecule has 78 valence electrons. The summed E-state index contributed by atoms with van der Waals surface area (Å²) >= 11 is 0. The third-order valence-electron chi connectivity index (χ3n) is 2.04. The first-order valence-corrected chi connectivity index (χ1v) is 5.00. The van der Waals surface area contributed by atoms with Gasteiger partial charge >= 0.3 is 0 Å². The van der Waals surface area contributed by atoms with E-state index in [0.717, 1.165) is 0 Å². The van der Waals surface area contributed by atoms with Crippen LogP contribution < -0.4 is 0 Å². The second kappa shape index (κ2) is 3.65. The molecule has 0 saturated carbocycles. The normalized spacial score (nSPS) is 27.5. The predicted molar refractivity (Wildman–Crippen MR) is 49.0 cm³/mol. The molecule has 5 nitrogen and oxygen atoms in total. The van der Waals surface area contributed by atoms with Crippen molar-refractivity contribution >= 4 is 10.3 Å². The first-order chi connectivity index (χ1) is 5.41. The van der Waals surface area contributed by atoms with Crippen LogP contribution in [0.5, 0.6) is 0 Å². The van der Waals surface area contributed by atoms with Gasteiger partial charge in [-0.3, -0.25) is 0 Å².